The number of unbranched alkanes of at least 4 members (excludes halogenated alkanes) is 2. The van der Waals surface area contributed by atoms with Gasteiger partial charge in [0.25, 0.3) is 0 Å². The average Bonchev–Trinajstić information content (AvgIpc) is 2.10. The summed E-state index contributed by atoms with van der Waals surface area (Å²) in [5.74, 6) is 0. The van der Waals surface area contributed by atoms with E-state index in [1.165, 1.54) is 38.8 Å². The maximum Gasteiger partial charge on any atom is 0.0467 e. The van der Waals surface area contributed by atoms with Gasteiger partial charge in [0, 0.05) is 6.54 Å². The van der Waals surface area contributed by atoms with Gasteiger partial charge in [0.2, 0.25) is 0 Å². The number of hydrogen-bond acceptors (Lipinski definition) is 1. The van der Waals surface area contributed by atoms with Crippen molar-refractivity contribution in [1.82, 2.24) is 4.90 Å². The maximum atomic E-state index is 3.72. The standard InChI is InChI=1S/C11H22N/c1-4-7-10-12(9-6-3)11-8-5-2/h6,9H,3-5,7-8,10-11H2,1-2H3. The first-order chi connectivity index (χ1) is 5.85. The van der Waals surface area contributed by atoms with Gasteiger partial charge in [-0.1, -0.05) is 32.8 Å². The van der Waals surface area contributed by atoms with Crippen LogP contribution in [0.3, 0.4) is 0 Å². The predicted octanol–water partition coefficient (Wildman–Crippen LogP) is 3.24. The highest BCUT2D eigenvalue weighted by atomic mass is 15.1. The van der Waals surface area contributed by atoms with Gasteiger partial charge in [-0.2, -0.15) is 0 Å². The molecule has 1 radical (unpaired) electrons. The van der Waals surface area contributed by atoms with Crippen molar-refractivity contribution in [2.24, 2.45) is 0 Å². The first-order valence-corrected chi connectivity index (χ1v) is 5.05. The lowest BCUT2D eigenvalue weighted by atomic mass is 10.2. The fourth-order valence-corrected chi connectivity index (χ4v) is 1.13. The van der Waals surface area contributed by atoms with Gasteiger partial charge in [0.05, 0.1) is 0 Å². The predicted molar refractivity (Wildman–Crippen MR) is 55.9 cm³/mol. The molecule has 1 nitrogen and oxygen atoms in total. The van der Waals surface area contributed by atoms with E-state index in [-0.39, 0.29) is 0 Å². The third kappa shape index (κ3) is 6.41. The molecule has 1 heteroatoms. The monoisotopic (exact) mass is 168 g/mol. The van der Waals surface area contributed by atoms with Crippen LogP contribution in [0.4, 0.5) is 0 Å². The summed E-state index contributed by atoms with van der Waals surface area (Å²) in [5, 5.41) is 0. The van der Waals surface area contributed by atoms with Crippen molar-refractivity contribution >= 4 is 0 Å². The molecule has 0 aromatic rings. The van der Waals surface area contributed by atoms with Gasteiger partial charge in [-0.05, 0) is 25.9 Å². The Kier molecular flexibility index (Phi) is 8.57. The van der Waals surface area contributed by atoms with Gasteiger partial charge < -0.3 is 0 Å². The Morgan fingerprint density at radius 1 is 1.08 bits per heavy atom. The second-order valence-corrected chi connectivity index (χ2v) is 3.13. The summed E-state index contributed by atoms with van der Waals surface area (Å²) in [7, 11) is 0. The Morgan fingerprint density at radius 3 is 1.92 bits per heavy atom. The lowest BCUT2D eigenvalue weighted by molar-refractivity contribution is 0.334. The van der Waals surface area contributed by atoms with Crippen molar-refractivity contribution in [1.29, 1.82) is 0 Å². The summed E-state index contributed by atoms with van der Waals surface area (Å²) in [6, 6.07) is 0. The molecule has 0 aromatic heterocycles. The summed E-state index contributed by atoms with van der Waals surface area (Å²) in [4.78, 5) is 2.36. The summed E-state index contributed by atoms with van der Waals surface area (Å²) >= 11 is 0. The van der Waals surface area contributed by atoms with Crippen LogP contribution in [-0.4, -0.2) is 18.0 Å². The Hall–Kier alpha value is -0.300. The maximum absolute atomic E-state index is 3.72. The molecule has 0 aromatic carbocycles. The summed E-state index contributed by atoms with van der Waals surface area (Å²) in [5.41, 5.74) is 0. The van der Waals surface area contributed by atoms with Crippen LogP contribution in [-0.2, 0) is 0 Å². The summed E-state index contributed by atoms with van der Waals surface area (Å²) in [6.45, 7) is 12.6. The van der Waals surface area contributed by atoms with Crippen LogP contribution in [0.5, 0.6) is 0 Å². The van der Waals surface area contributed by atoms with Gasteiger partial charge >= 0.3 is 0 Å². The molecule has 0 fully saturated rings. The van der Waals surface area contributed by atoms with E-state index in [0.717, 1.165) is 0 Å². The molecular weight excluding hydrogens is 146 g/mol. The van der Waals surface area contributed by atoms with E-state index in [9.17, 15) is 0 Å². The highest BCUT2D eigenvalue weighted by Crippen LogP contribution is 2.01. The Labute approximate surface area is 77.5 Å². The average molecular weight is 168 g/mol. The van der Waals surface area contributed by atoms with Crippen LogP contribution in [0, 0.1) is 6.54 Å². The Bertz CT molecular complexity index is 91.2. The van der Waals surface area contributed by atoms with Crippen molar-refractivity contribution in [3.63, 3.8) is 0 Å². The molecule has 71 valence electrons. The molecule has 0 amide bonds. The van der Waals surface area contributed by atoms with Gasteiger partial charge in [-0.15, -0.1) is 6.58 Å². The molecule has 0 bridgehead atoms. The van der Waals surface area contributed by atoms with Crippen LogP contribution in [0.15, 0.2) is 12.7 Å². The first-order valence-electron chi connectivity index (χ1n) is 5.05. The Balaban J connectivity index is 3.46. The SMILES string of the molecule is C=C[CH]N(CCCC)CCCC. The number of nitrogens with zero attached hydrogens (tertiary/aromatic N) is 1. The topological polar surface area (TPSA) is 3.24 Å². The van der Waals surface area contributed by atoms with E-state index >= 15 is 0 Å². The van der Waals surface area contributed by atoms with Gasteiger partial charge in [0.1, 0.15) is 0 Å². The van der Waals surface area contributed by atoms with Gasteiger partial charge in [-0.25, -0.2) is 0 Å². The molecule has 0 saturated carbocycles. The van der Waals surface area contributed by atoms with E-state index in [4.69, 9.17) is 0 Å². The molecule has 0 unspecified atom stereocenters. The van der Waals surface area contributed by atoms with E-state index < -0.39 is 0 Å². The summed E-state index contributed by atoms with van der Waals surface area (Å²) < 4.78 is 0. The quantitative estimate of drug-likeness (QED) is 0.538. The first kappa shape index (κ1) is 11.7. The van der Waals surface area contributed by atoms with E-state index in [2.05, 4.69) is 31.9 Å². The second-order valence-electron chi connectivity index (χ2n) is 3.13. The molecular formula is C11H22N. The third-order valence-electron chi connectivity index (χ3n) is 1.91. The van der Waals surface area contributed by atoms with Gasteiger partial charge in [0.15, 0.2) is 0 Å². The molecule has 0 heterocycles. The molecule has 0 N–H and O–H groups in total. The van der Waals surface area contributed by atoms with Crippen molar-refractivity contribution in [2.45, 2.75) is 39.5 Å². The van der Waals surface area contributed by atoms with Crippen LogP contribution in [0.1, 0.15) is 39.5 Å². The van der Waals surface area contributed by atoms with E-state index in [1.54, 1.807) is 0 Å². The molecule has 12 heavy (non-hydrogen) atoms. The number of rotatable bonds is 8. The summed E-state index contributed by atoms with van der Waals surface area (Å²) in [6.07, 6.45) is 6.99. The fourth-order valence-electron chi connectivity index (χ4n) is 1.13. The lowest BCUT2D eigenvalue weighted by Crippen LogP contribution is -2.22. The zero-order chi connectivity index (χ0) is 9.23. The minimum Gasteiger partial charge on any atom is -0.295 e. The highest BCUT2D eigenvalue weighted by molar-refractivity contribution is 4.86. The van der Waals surface area contributed by atoms with Crippen LogP contribution < -0.4 is 0 Å². The number of hydrogen-bond donors (Lipinski definition) is 0. The van der Waals surface area contributed by atoms with E-state index in [1.807, 2.05) is 6.08 Å². The molecule has 0 atom stereocenters. The minimum atomic E-state index is 1.18. The molecule has 0 aliphatic carbocycles. The molecule has 0 aliphatic rings. The molecule has 0 saturated heterocycles. The van der Waals surface area contributed by atoms with Crippen molar-refractivity contribution in [2.75, 3.05) is 13.1 Å². The van der Waals surface area contributed by atoms with E-state index in [0.29, 0.717) is 0 Å². The van der Waals surface area contributed by atoms with Crippen LogP contribution >= 0.6 is 0 Å². The molecule has 0 spiro atoms. The fraction of sp³-hybridized carbons (Fsp3) is 0.727. The van der Waals surface area contributed by atoms with Crippen molar-refractivity contribution < 1.29 is 0 Å². The zero-order valence-corrected chi connectivity index (χ0v) is 8.55. The molecule has 0 aliphatic heterocycles. The Morgan fingerprint density at radius 2 is 1.58 bits per heavy atom. The third-order valence-corrected chi connectivity index (χ3v) is 1.91. The zero-order valence-electron chi connectivity index (χ0n) is 8.55. The molecule has 0 rings (SSSR count). The smallest absolute Gasteiger partial charge is 0.0467 e. The van der Waals surface area contributed by atoms with Crippen molar-refractivity contribution in [3.05, 3.63) is 19.2 Å². The lowest BCUT2D eigenvalue weighted by Gasteiger charge is -2.18. The largest absolute Gasteiger partial charge is 0.295 e. The minimum absolute atomic E-state index is 1.18. The van der Waals surface area contributed by atoms with Crippen LogP contribution in [0.2, 0.25) is 0 Å². The van der Waals surface area contributed by atoms with Gasteiger partial charge in [-0.3, -0.25) is 4.90 Å². The normalized spacial score (nSPS) is 10.6. The highest BCUT2D eigenvalue weighted by Gasteiger charge is 2.00. The second kappa shape index (κ2) is 8.79. The van der Waals surface area contributed by atoms with Crippen LogP contribution in [0.25, 0.3) is 0 Å². The van der Waals surface area contributed by atoms with Crippen molar-refractivity contribution in [3.8, 4) is 0 Å².